The number of hydrogen-bond donors (Lipinski definition) is 3. The molecule has 0 radical (unpaired) electrons. The van der Waals surface area contributed by atoms with E-state index in [4.69, 9.17) is 5.73 Å². The topological polar surface area (TPSA) is 74.4 Å². The molecule has 0 fully saturated rings. The van der Waals surface area contributed by atoms with Crippen LogP contribution in [0.4, 0.5) is 20.3 Å². The van der Waals surface area contributed by atoms with Gasteiger partial charge in [0.15, 0.2) is 5.82 Å². The van der Waals surface area contributed by atoms with Crippen LogP contribution >= 0.6 is 27.9 Å². The number of anilines is 2. The molecule has 5 nitrogen and oxygen atoms in total. The van der Waals surface area contributed by atoms with E-state index in [0.717, 1.165) is 24.1 Å². The van der Waals surface area contributed by atoms with E-state index in [2.05, 4.69) is 26.3 Å². The highest BCUT2D eigenvalue weighted by molar-refractivity contribution is 9.10. The summed E-state index contributed by atoms with van der Waals surface area (Å²) in [7, 11) is 0. The number of nitrogens with two attached hydrogens (primary N) is 1. The van der Waals surface area contributed by atoms with Crippen molar-refractivity contribution in [2.75, 3.05) is 11.2 Å². The molecule has 9 heteroatoms. The van der Waals surface area contributed by atoms with Crippen molar-refractivity contribution in [3.8, 4) is 0 Å². The first-order valence-electron chi connectivity index (χ1n) is 5.25. The summed E-state index contributed by atoms with van der Waals surface area (Å²) in [6, 6.07) is 4.57. The van der Waals surface area contributed by atoms with E-state index in [1.807, 2.05) is 0 Å². The number of nitrogens with one attached hydrogen (secondary N) is 1. The van der Waals surface area contributed by atoms with Gasteiger partial charge in [-0.05, 0) is 38.7 Å². The van der Waals surface area contributed by atoms with Gasteiger partial charge >= 0.3 is 0 Å². The molecule has 4 N–H and O–H groups in total. The number of hydrazine groups is 1. The third kappa shape index (κ3) is 3.79. The van der Waals surface area contributed by atoms with Gasteiger partial charge in [0.25, 0.3) is 0 Å². The monoisotopic (exact) mass is 362 g/mol. The van der Waals surface area contributed by atoms with Gasteiger partial charge in [0.2, 0.25) is 0 Å². The molecule has 0 spiro atoms. The first-order valence-corrected chi connectivity index (χ1v) is 6.82. The lowest BCUT2D eigenvalue weighted by molar-refractivity contribution is 0.0434. The number of nitrogens with zero attached hydrogens (tertiary/aromatic N) is 2. The minimum Gasteiger partial charge on any atom is -0.383 e. The van der Waals surface area contributed by atoms with Gasteiger partial charge < -0.3 is 5.73 Å². The fraction of sp³-hybridized carbons (Fsp3) is 0. The molecule has 0 atom stereocenters. The third-order valence-electron chi connectivity index (χ3n) is 2.18. The van der Waals surface area contributed by atoms with E-state index in [0.29, 0.717) is 20.0 Å². The van der Waals surface area contributed by atoms with E-state index in [9.17, 15) is 14.0 Å². The molecule has 20 heavy (non-hydrogen) atoms. The lowest BCUT2D eigenvalue weighted by atomic mass is 10.3. The average molecular weight is 363 g/mol. The molecule has 0 aliphatic heterocycles. The lowest BCUT2D eigenvalue weighted by Crippen LogP contribution is -2.19. The van der Waals surface area contributed by atoms with Crippen LogP contribution in [-0.4, -0.2) is 14.8 Å². The van der Waals surface area contributed by atoms with Crippen LogP contribution in [0.25, 0.3) is 0 Å². The van der Waals surface area contributed by atoms with Crippen molar-refractivity contribution in [1.29, 1.82) is 0 Å². The standard InChI is InChI=1S/C11H9BrF2N4OS/c12-6-3-10(11(15)16-5-6)20-18(19)17-9-2-1-7(13)4-8(9)14/h1-5,17,19H,(H2,15,16). The van der Waals surface area contributed by atoms with Crippen molar-refractivity contribution >= 4 is 39.4 Å². The number of halogens is 3. The molecule has 0 saturated carbocycles. The summed E-state index contributed by atoms with van der Waals surface area (Å²) < 4.78 is 27.4. The average Bonchev–Trinajstić information content (AvgIpc) is 2.37. The zero-order valence-electron chi connectivity index (χ0n) is 9.85. The Balaban J connectivity index is 2.08. The molecule has 0 bridgehead atoms. The maximum absolute atomic E-state index is 13.4. The fourth-order valence-corrected chi connectivity index (χ4v) is 2.44. The molecule has 1 heterocycles. The molecule has 2 rings (SSSR count). The minimum atomic E-state index is -0.829. The number of pyridine rings is 1. The third-order valence-corrected chi connectivity index (χ3v) is 3.40. The Morgan fingerprint density at radius 3 is 2.80 bits per heavy atom. The summed E-state index contributed by atoms with van der Waals surface area (Å²) >= 11 is 4.01. The Hall–Kier alpha value is -1.42. The van der Waals surface area contributed by atoms with Crippen molar-refractivity contribution in [2.45, 2.75) is 4.90 Å². The van der Waals surface area contributed by atoms with E-state index in [1.165, 1.54) is 6.20 Å². The van der Waals surface area contributed by atoms with E-state index >= 15 is 0 Å². The Bertz CT molecular complexity index is 631. The second-order valence-corrected chi connectivity index (χ2v) is 5.52. The van der Waals surface area contributed by atoms with Crippen LogP contribution < -0.4 is 11.2 Å². The Labute approximate surface area is 126 Å². The minimum absolute atomic E-state index is 0.0806. The summed E-state index contributed by atoms with van der Waals surface area (Å²) in [5.41, 5.74) is 7.90. The number of aromatic nitrogens is 1. The Morgan fingerprint density at radius 2 is 2.10 bits per heavy atom. The van der Waals surface area contributed by atoms with Crippen molar-refractivity contribution in [3.05, 3.63) is 46.6 Å². The summed E-state index contributed by atoms with van der Waals surface area (Å²) in [4.78, 5) is 4.34. The van der Waals surface area contributed by atoms with Gasteiger partial charge in [0.1, 0.15) is 11.6 Å². The largest absolute Gasteiger partial charge is 0.383 e. The van der Waals surface area contributed by atoms with Crippen LogP contribution in [0.3, 0.4) is 0 Å². The summed E-state index contributed by atoms with van der Waals surface area (Å²) in [5, 5.41) is 9.69. The second-order valence-electron chi connectivity index (χ2n) is 3.64. The van der Waals surface area contributed by atoms with Crippen LogP contribution in [0.5, 0.6) is 0 Å². The molecule has 2 aromatic rings. The van der Waals surface area contributed by atoms with Gasteiger partial charge in [-0.2, -0.15) is 0 Å². The molecule has 0 amide bonds. The van der Waals surface area contributed by atoms with Crippen LogP contribution in [0.1, 0.15) is 0 Å². The zero-order chi connectivity index (χ0) is 14.7. The van der Waals surface area contributed by atoms with Gasteiger partial charge in [-0.1, -0.05) is 0 Å². The molecule has 106 valence electrons. The first kappa shape index (κ1) is 15.0. The molecule has 0 unspecified atom stereocenters. The molecular formula is C11H9BrF2N4OS. The molecule has 1 aromatic carbocycles. The molecule has 1 aromatic heterocycles. The van der Waals surface area contributed by atoms with E-state index in [-0.39, 0.29) is 11.5 Å². The second kappa shape index (κ2) is 6.35. The van der Waals surface area contributed by atoms with Gasteiger partial charge in [0.05, 0.1) is 10.6 Å². The quantitative estimate of drug-likeness (QED) is 0.571. The molecular weight excluding hydrogens is 354 g/mol. The summed E-state index contributed by atoms with van der Waals surface area (Å²) in [5.74, 6) is -1.32. The highest BCUT2D eigenvalue weighted by Crippen LogP contribution is 2.29. The Kier molecular flexibility index (Phi) is 4.76. The fourth-order valence-electron chi connectivity index (χ4n) is 1.30. The SMILES string of the molecule is Nc1ncc(Br)cc1SN(O)Nc1ccc(F)cc1F. The predicted octanol–water partition coefficient (Wildman–Crippen LogP) is 3.43. The maximum Gasteiger partial charge on any atom is 0.150 e. The number of nitrogen functional groups attached to an aromatic ring is 1. The van der Waals surface area contributed by atoms with Crippen molar-refractivity contribution in [2.24, 2.45) is 0 Å². The highest BCUT2D eigenvalue weighted by atomic mass is 79.9. The zero-order valence-corrected chi connectivity index (χ0v) is 12.3. The highest BCUT2D eigenvalue weighted by Gasteiger charge is 2.11. The number of rotatable bonds is 4. The van der Waals surface area contributed by atoms with Crippen molar-refractivity contribution < 1.29 is 14.0 Å². The van der Waals surface area contributed by atoms with Crippen molar-refractivity contribution in [1.82, 2.24) is 9.56 Å². The van der Waals surface area contributed by atoms with Crippen LogP contribution in [0.2, 0.25) is 0 Å². The normalized spacial score (nSPS) is 10.8. The molecule has 0 saturated heterocycles. The van der Waals surface area contributed by atoms with E-state index in [1.54, 1.807) is 6.07 Å². The number of hydrogen-bond acceptors (Lipinski definition) is 6. The summed E-state index contributed by atoms with van der Waals surface area (Å²) in [6.45, 7) is 0. The maximum atomic E-state index is 13.4. The summed E-state index contributed by atoms with van der Waals surface area (Å²) in [6.07, 6.45) is 1.51. The van der Waals surface area contributed by atoms with Gasteiger partial charge in [-0.3, -0.25) is 10.6 Å². The van der Waals surface area contributed by atoms with Gasteiger partial charge in [-0.25, -0.2) is 13.8 Å². The molecule has 0 aliphatic rings. The van der Waals surface area contributed by atoms with Crippen molar-refractivity contribution in [3.63, 3.8) is 0 Å². The van der Waals surface area contributed by atoms with Crippen LogP contribution in [0, 0.1) is 11.6 Å². The lowest BCUT2D eigenvalue weighted by Gasteiger charge is -2.16. The van der Waals surface area contributed by atoms with Gasteiger partial charge in [0, 0.05) is 28.7 Å². The van der Waals surface area contributed by atoms with Crippen LogP contribution in [0.15, 0.2) is 39.8 Å². The van der Waals surface area contributed by atoms with Gasteiger partial charge in [-0.15, -0.1) is 0 Å². The Morgan fingerprint density at radius 1 is 1.35 bits per heavy atom. The molecule has 0 aliphatic carbocycles. The smallest absolute Gasteiger partial charge is 0.150 e. The van der Waals surface area contributed by atoms with Crippen LogP contribution in [-0.2, 0) is 0 Å². The first-order chi connectivity index (χ1) is 9.45. The number of benzene rings is 1. The van der Waals surface area contributed by atoms with E-state index < -0.39 is 11.6 Å². The predicted molar refractivity (Wildman–Crippen MR) is 75.8 cm³/mol.